The molecule has 3 heteroatoms. The Balaban J connectivity index is 1.96. The van der Waals surface area contributed by atoms with Gasteiger partial charge in [-0.3, -0.25) is 4.79 Å². The van der Waals surface area contributed by atoms with E-state index in [1.807, 2.05) is 24.3 Å². The maximum absolute atomic E-state index is 11.8. The van der Waals surface area contributed by atoms with Crippen molar-refractivity contribution in [3.05, 3.63) is 65.7 Å². The predicted molar refractivity (Wildman–Crippen MR) is 81.6 cm³/mol. The molecule has 0 radical (unpaired) electrons. The molecule has 20 heavy (non-hydrogen) atoms. The van der Waals surface area contributed by atoms with Crippen molar-refractivity contribution in [3.8, 4) is 5.75 Å². The van der Waals surface area contributed by atoms with Crippen molar-refractivity contribution in [2.45, 2.75) is 13.3 Å². The molecule has 102 valence electrons. The van der Waals surface area contributed by atoms with Gasteiger partial charge in [0.25, 0.3) is 0 Å². The van der Waals surface area contributed by atoms with Gasteiger partial charge < -0.3 is 10.4 Å². The van der Waals surface area contributed by atoms with Crippen LogP contribution in [0.25, 0.3) is 6.08 Å². The Bertz CT molecular complexity index is 598. The molecule has 3 nitrogen and oxygen atoms in total. The summed E-state index contributed by atoms with van der Waals surface area (Å²) in [7, 11) is 0. The third-order valence-electron chi connectivity index (χ3n) is 2.95. The number of nitrogens with one attached hydrogen (secondary N) is 1. The van der Waals surface area contributed by atoms with Gasteiger partial charge in [-0.05, 0) is 47.9 Å². The van der Waals surface area contributed by atoms with Gasteiger partial charge in [0, 0.05) is 11.8 Å². The van der Waals surface area contributed by atoms with E-state index in [0.29, 0.717) is 0 Å². The lowest BCUT2D eigenvalue weighted by atomic mass is 10.1. The molecule has 0 unspecified atom stereocenters. The summed E-state index contributed by atoms with van der Waals surface area (Å²) in [6.07, 6.45) is 4.16. The van der Waals surface area contributed by atoms with Gasteiger partial charge in [0.05, 0.1) is 0 Å². The molecule has 0 aromatic heterocycles. The number of benzene rings is 2. The van der Waals surface area contributed by atoms with Gasteiger partial charge in [-0.1, -0.05) is 31.2 Å². The average Bonchev–Trinajstić information content (AvgIpc) is 2.47. The molecule has 0 atom stereocenters. The number of anilines is 1. The maximum atomic E-state index is 11.8. The Labute approximate surface area is 118 Å². The third kappa shape index (κ3) is 3.99. The van der Waals surface area contributed by atoms with Crippen LogP contribution in [0.1, 0.15) is 18.1 Å². The first-order valence-electron chi connectivity index (χ1n) is 6.54. The summed E-state index contributed by atoms with van der Waals surface area (Å²) >= 11 is 0. The Hall–Kier alpha value is -2.55. The molecule has 0 bridgehead atoms. The normalized spacial score (nSPS) is 10.7. The summed E-state index contributed by atoms with van der Waals surface area (Å²) < 4.78 is 0. The minimum Gasteiger partial charge on any atom is -0.508 e. The Morgan fingerprint density at radius 1 is 1.10 bits per heavy atom. The van der Waals surface area contributed by atoms with E-state index >= 15 is 0 Å². The van der Waals surface area contributed by atoms with E-state index < -0.39 is 0 Å². The van der Waals surface area contributed by atoms with Crippen LogP contribution >= 0.6 is 0 Å². The average molecular weight is 267 g/mol. The highest BCUT2D eigenvalue weighted by Gasteiger charge is 1.98. The highest BCUT2D eigenvalue weighted by molar-refractivity contribution is 6.01. The summed E-state index contributed by atoms with van der Waals surface area (Å²) in [5, 5.41) is 12.0. The molecule has 2 rings (SSSR count). The molecule has 2 aromatic carbocycles. The Kier molecular flexibility index (Phi) is 4.56. The maximum Gasteiger partial charge on any atom is 0.248 e. The smallest absolute Gasteiger partial charge is 0.248 e. The number of phenolic OH excluding ortho intramolecular Hbond substituents is 1. The lowest BCUT2D eigenvalue weighted by molar-refractivity contribution is -0.111. The van der Waals surface area contributed by atoms with Crippen molar-refractivity contribution in [1.29, 1.82) is 0 Å². The van der Waals surface area contributed by atoms with E-state index in [9.17, 15) is 4.79 Å². The number of carbonyl (C=O) groups excluding carboxylic acids is 1. The lowest BCUT2D eigenvalue weighted by Gasteiger charge is -2.03. The minimum absolute atomic E-state index is 0.178. The standard InChI is InChI=1S/C17H17NO2/c1-2-13-3-8-15(9-4-13)18-17(20)12-7-14-5-10-16(19)11-6-14/h3-12,19H,2H2,1H3,(H,18,20)/b12-7+. The fourth-order valence-electron chi connectivity index (χ4n) is 1.77. The molecular formula is C17H17NO2. The number of phenols is 1. The zero-order valence-electron chi connectivity index (χ0n) is 11.3. The molecule has 0 saturated carbocycles. The summed E-state index contributed by atoms with van der Waals surface area (Å²) in [5.41, 5.74) is 2.88. The van der Waals surface area contributed by atoms with Gasteiger partial charge in [0.1, 0.15) is 5.75 Å². The van der Waals surface area contributed by atoms with Crippen molar-refractivity contribution in [2.24, 2.45) is 0 Å². The van der Waals surface area contributed by atoms with Crippen LogP contribution in [0.15, 0.2) is 54.6 Å². The van der Waals surface area contributed by atoms with Crippen LogP contribution in [0.3, 0.4) is 0 Å². The van der Waals surface area contributed by atoms with Gasteiger partial charge in [-0.2, -0.15) is 0 Å². The van der Waals surface area contributed by atoms with Crippen LogP contribution in [-0.4, -0.2) is 11.0 Å². The van der Waals surface area contributed by atoms with Gasteiger partial charge >= 0.3 is 0 Å². The highest BCUT2D eigenvalue weighted by Crippen LogP contribution is 2.12. The molecule has 0 fully saturated rings. The zero-order chi connectivity index (χ0) is 14.4. The molecular weight excluding hydrogens is 250 g/mol. The number of carbonyl (C=O) groups is 1. The van der Waals surface area contributed by atoms with Gasteiger partial charge in [0.2, 0.25) is 5.91 Å². The van der Waals surface area contributed by atoms with E-state index in [-0.39, 0.29) is 11.7 Å². The van der Waals surface area contributed by atoms with E-state index in [1.165, 1.54) is 11.6 Å². The van der Waals surface area contributed by atoms with Crippen molar-refractivity contribution >= 4 is 17.7 Å². The van der Waals surface area contributed by atoms with E-state index in [4.69, 9.17) is 5.11 Å². The zero-order valence-corrected chi connectivity index (χ0v) is 11.3. The number of rotatable bonds is 4. The second-order valence-electron chi connectivity index (χ2n) is 4.46. The highest BCUT2D eigenvalue weighted by atomic mass is 16.3. The molecule has 1 amide bonds. The van der Waals surface area contributed by atoms with Crippen molar-refractivity contribution < 1.29 is 9.90 Å². The minimum atomic E-state index is -0.178. The fourth-order valence-corrected chi connectivity index (χ4v) is 1.77. The predicted octanol–water partition coefficient (Wildman–Crippen LogP) is 3.61. The van der Waals surface area contributed by atoms with Crippen LogP contribution in [-0.2, 0) is 11.2 Å². The number of hydrogen-bond acceptors (Lipinski definition) is 2. The SMILES string of the molecule is CCc1ccc(NC(=O)/C=C/c2ccc(O)cc2)cc1. The monoisotopic (exact) mass is 267 g/mol. The first kappa shape index (κ1) is 13.9. The number of aryl methyl sites for hydroxylation is 1. The summed E-state index contributed by atoms with van der Waals surface area (Å²) in [6.45, 7) is 2.09. The van der Waals surface area contributed by atoms with Gasteiger partial charge in [0.15, 0.2) is 0 Å². The molecule has 0 aliphatic heterocycles. The van der Waals surface area contributed by atoms with Crippen LogP contribution < -0.4 is 5.32 Å². The van der Waals surface area contributed by atoms with Gasteiger partial charge in [-0.25, -0.2) is 0 Å². The fraction of sp³-hybridized carbons (Fsp3) is 0.118. The van der Waals surface area contributed by atoms with Crippen molar-refractivity contribution in [2.75, 3.05) is 5.32 Å². The first-order chi connectivity index (χ1) is 9.67. The van der Waals surface area contributed by atoms with Crippen molar-refractivity contribution in [3.63, 3.8) is 0 Å². The summed E-state index contributed by atoms with van der Waals surface area (Å²) in [5.74, 6) is 0.0324. The van der Waals surface area contributed by atoms with E-state index in [0.717, 1.165) is 17.7 Å². The molecule has 0 heterocycles. The van der Waals surface area contributed by atoms with Crippen LogP contribution in [0.4, 0.5) is 5.69 Å². The van der Waals surface area contributed by atoms with E-state index in [2.05, 4.69) is 12.2 Å². The number of aromatic hydroxyl groups is 1. The Morgan fingerprint density at radius 2 is 1.75 bits per heavy atom. The lowest BCUT2D eigenvalue weighted by Crippen LogP contribution is -2.07. The Morgan fingerprint density at radius 3 is 2.35 bits per heavy atom. The molecule has 0 aliphatic rings. The van der Waals surface area contributed by atoms with E-state index in [1.54, 1.807) is 30.3 Å². The topological polar surface area (TPSA) is 49.3 Å². The molecule has 2 N–H and O–H groups in total. The summed E-state index contributed by atoms with van der Waals surface area (Å²) in [4.78, 5) is 11.8. The quantitative estimate of drug-likeness (QED) is 0.831. The van der Waals surface area contributed by atoms with Crippen LogP contribution in [0.5, 0.6) is 5.75 Å². The van der Waals surface area contributed by atoms with Crippen molar-refractivity contribution in [1.82, 2.24) is 0 Å². The van der Waals surface area contributed by atoms with Gasteiger partial charge in [-0.15, -0.1) is 0 Å². The number of amides is 1. The largest absolute Gasteiger partial charge is 0.508 e. The summed E-state index contributed by atoms with van der Waals surface area (Å²) in [6, 6.07) is 14.4. The van der Waals surface area contributed by atoms with Crippen LogP contribution in [0, 0.1) is 0 Å². The first-order valence-corrected chi connectivity index (χ1v) is 6.54. The molecule has 0 spiro atoms. The van der Waals surface area contributed by atoms with Crippen LogP contribution in [0.2, 0.25) is 0 Å². The second kappa shape index (κ2) is 6.57. The molecule has 0 saturated heterocycles. The second-order valence-corrected chi connectivity index (χ2v) is 4.46. The molecule has 0 aliphatic carbocycles. The third-order valence-corrected chi connectivity index (χ3v) is 2.95. The molecule has 2 aromatic rings. The number of hydrogen-bond donors (Lipinski definition) is 2.